The first kappa shape index (κ1) is 27.5. The summed E-state index contributed by atoms with van der Waals surface area (Å²) >= 11 is 0. The lowest BCUT2D eigenvalue weighted by Crippen LogP contribution is -2.38. The fourth-order valence-corrected chi connectivity index (χ4v) is 5.35. The molecular weight excluding hydrogens is 461 g/mol. The molecule has 6 nitrogen and oxygen atoms in total. The van der Waals surface area contributed by atoms with Crippen LogP contribution in [0.25, 0.3) is 0 Å². The minimum Gasteiger partial charge on any atom is -0.384 e. The van der Waals surface area contributed by atoms with E-state index in [9.17, 15) is 22.8 Å². The summed E-state index contributed by atoms with van der Waals surface area (Å²) in [4.78, 5) is 25.7. The van der Waals surface area contributed by atoms with E-state index >= 15 is 0 Å². The molecule has 1 aromatic carbocycles. The minimum atomic E-state index is -4.33. The number of rotatable bonds is 7. The Labute approximate surface area is 205 Å². The van der Waals surface area contributed by atoms with E-state index in [1.54, 1.807) is 14.2 Å². The highest BCUT2D eigenvalue weighted by atomic mass is 19.4. The van der Waals surface area contributed by atoms with Crippen LogP contribution in [0.4, 0.5) is 13.2 Å². The van der Waals surface area contributed by atoms with E-state index < -0.39 is 11.7 Å². The van der Waals surface area contributed by atoms with Crippen molar-refractivity contribution in [3.05, 3.63) is 35.4 Å². The fourth-order valence-electron chi connectivity index (χ4n) is 5.35. The second-order valence-electron chi connectivity index (χ2n) is 9.83. The molecule has 0 radical (unpaired) electrons. The molecule has 1 N–H and O–H groups in total. The first-order valence-electron chi connectivity index (χ1n) is 12.4. The largest absolute Gasteiger partial charge is 0.416 e. The second-order valence-corrected chi connectivity index (χ2v) is 9.83. The van der Waals surface area contributed by atoms with Gasteiger partial charge < -0.3 is 19.7 Å². The molecule has 3 atom stereocenters. The van der Waals surface area contributed by atoms with Crippen LogP contribution in [0.3, 0.4) is 0 Å². The molecule has 9 heteroatoms. The first-order chi connectivity index (χ1) is 16.7. The Kier molecular flexibility index (Phi) is 9.98. The van der Waals surface area contributed by atoms with Gasteiger partial charge in [0.15, 0.2) is 0 Å². The lowest BCUT2D eigenvalue weighted by atomic mass is 9.89. The predicted molar refractivity (Wildman–Crippen MR) is 126 cm³/mol. The third-order valence-electron chi connectivity index (χ3n) is 7.22. The minimum absolute atomic E-state index is 0.0630. The molecular formula is C26H37F3N2O4. The average Bonchev–Trinajstić information content (AvgIpc) is 3.37. The standard InChI is InChI=1S/C14H16F3NO2.C12H21NO2/c1-20-8-10-7-18-13(19)12(10)6-9-2-4-11(5-3-9)14(15,16)17;1-15-9-10-7-12(14)13(8-10)11-5-3-2-4-6-11/h2-5,10,12H,6-8H2,1H3,(H,18,19);10-11H,2-9H2,1H3. The van der Waals surface area contributed by atoms with Crippen LogP contribution >= 0.6 is 0 Å². The normalized spacial score (nSPS) is 25.4. The molecule has 0 aromatic heterocycles. The maximum absolute atomic E-state index is 12.5. The number of hydrogen-bond donors (Lipinski definition) is 1. The van der Waals surface area contributed by atoms with Crippen molar-refractivity contribution in [1.29, 1.82) is 0 Å². The molecule has 2 aliphatic heterocycles. The molecule has 196 valence electrons. The Morgan fingerprint density at radius 2 is 1.66 bits per heavy atom. The molecule has 2 amide bonds. The van der Waals surface area contributed by atoms with Crippen LogP contribution in [0.1, 0.15) is 49.7 Å². The first-order valence-corrected chi connectivity index (χ1v) is 12.4. The van der Waals surface area contributed by atoms with Crippen molar-refractivity contribution in [1.82, 2.24) is 10.2 Å². The van der Waals surface area contributed by atoms with Gasteiger partial charge in [-0.2, -0.15) is 13.2 Å². The van der Waals surface area contributed by atoms with Crippen LogP contribution in [-0.2, 0) is 31.7 Å². The smallest absolute Gasteiger partial charge is 0.384 e. The summed E-state index contributed by atoms with van der Waals surface area (Å²) in [5, 5.41) is 2.76. The molecule has 4 rings (SSSR count). The Balaban J connectivity index is 0.000000203. The predicted octanol–water partition coefficient (Wildman–Crippen LogP) is 4.07. The van der Waals surface area contributed by atoms with Crippen molar-refractivity contribution in [2.45, 2.75) is 57.2 Å². The van der Waals surface area contributed by atoms with Gasteiger partial charge in [-0.15, -0.1) is 0 Å². The van der Waals surface area contributed by atoms with E-state index in [-0.39, 0.29) is 17.7 Å². The lowest BCUT2D eigenvalue weighted by Gasteiger charge is -2.31. The molecule has 3 aliphatic rings. The molecule has 1 aliphatic carbocycles. The molecule has 1 saturated carbocycles. The van der Waals surface area contributed by atoms with Crippen LogP contribution in [0.5, 0.6) is 0 Å². The quantitative estimate of drug-likeness (QED) is 0.616. The average molecular weight is 499 g/mol. The molecule has 2 heterocycles. The summed E-state index contributed by atoms with van der Waals surface area (Å²) in [6, 6.07) is 5.49. The van der Waals surface area contributed by atoms with Crippen LogP contribution < -0.4 is 5.32 Å². The summed E-state index contributed by atoms with van der Waals surface area (Å²) in [6.45, 7) is 2.67. The second kappa shape index (κ2) is 12.7. The number of amides is 2. The maximum atomic E-state index is 12.5. The number of halogens is 3. The fraction of sp³-hybridized carbons (Fsp3) is 0.692. The topological polar surface area (TPSA) is 67.9 Å². The van der Waals surface area contributed by atoms with E-state index in [1.165, 1.54) is 44.2 Å². The van der Waals surface area contributed by atoms with Crippen molar-refractivity contribution >= 4 is 11.8 Å². The van der Waals surface area contributed by atoms with E-state index in [0.29, 0.717) is 43.9 Å². The molecule has 2 saturated heterocycles. The maximum Gasteiger partial charge on any atom is 0.416 e. The zero-order valence-electron chi connectivity index (χ0n) is 20.6. The number of alkyl halides is 3. The third kappa shape index (κ3) is 7.67. The SMILES string of the molecule is COCC1CC(=O)N(C2CCCCC2)C1.COCC1CNC(=O)C1Cc1ccc(C(F)(F)F)cc1. The number of likely N-dealkylation sites (tertiary alicyclic amines) is 1. The van der Waals surface area contributed by atoms with Crippen LogP contribution in [0, 0.1) is 17.8 Å². The van der Waals surface area contributed by atoms with Crippen LogP contribution in [0.15, 0.2) is 24.3 Å². The van der Waals surface area contributed by atoms with Crippen molar-refractivity contribution in [3.8, 4) is 0 Å². The van der Waals surface area contributed by atoms with Gasteiger partial charge in [0.05, 0.1) is 18.8 Å². The van der Waals surface area contributed by atoms with E-state index in [4.69, 9.17) is 9.47 Å². The number of carbonyl (C=O) groups excluding carboxylic acids is 2. The number of methoxy groups -OCH3 is 2. The summed E-state index contributed by atoms with van der Waals surface area (Å²) in [5.74, 6) is 0.543. The van der Waals surface area contributed by atoms with E-state index in [1.807, 2.05) is 0 Å². The van der Waals surface area contributed by atoms with Crippen LogP contribution in [0.2, 0.25) is 0 Å². The summed E-state index contributed by atoms with van der Waals surface area (Å²) in [6.07, 6.45) is 3.16. The van der Waals surface area contributed by atoms with Crippen molar-refractivity contribution in [2.75, 3.05) is 40.5 Å². The Hall–Kier alpha value is -2.13. The van der Waals surface area contributed by atoms with Gasteiger partial charge in [0.25, 0.3) is 0 Å². The highest BCUT2D eigenvalue weighted by molar-refractivity contribution is 5.81. The highest BCUT2D eigenvalue weighted by Gasteiger charge is 2.36. The van der Waals surface area contributed by atoms with Crippen molar-refractivity contribution < 1.29 is 32.2 Å². The van der Waals surface area contributed by atoms with E-state index in [0.717, 1.165) is 30.8 Å². The zero-order valence-corrected chi connectivity index (χ0v) is 20.6. The monoisotopic (exact) mass is 498 g/mol. The van der Waals surface area contributed by atoms with Gasteiger partial charge in [0.2, 0.25) is 11.8 Å². The zero-order chi connectivity index (χ0) is 25.4. The van der Waals surface area contributed by atoms with Gasteiger partial charge >= 0.3 is 6.18 Å². The molecule has 0 bridgehead atoms. The van der Waals surface area contributed by atoms with Crippen molar-refractivity contribution in [3.63, 3.8) is 0 Å². The molecule has 3 unspecified atom stereocenters. The molecule has 3 fully saturated rings. The van der Waals surface area contributed by atoms with Gasteiger partial charge in [0.1, 0.15) is 0 Å². The molecule has 0 spiro atoms. The van der Waals surface area contributed by atoms with Gasteiger partial charge in [0, 0.05) is 57.5 Å². The van der Waals surface area contributed by atoms with Crippen molar-refractivity contribution in [2.24, 2.45) is 17.8 Å². The number of ether oxygens (including phenoxy) is 2. The number of nitrogens with zero attached hydrogens (tertiary/aromatic N) is 1. The van der Waals surface area contributed by atoms with E-state index in [2.05, 4.69) is 10.2 Å². The van der Waals surface area contributed by atoms with Gasteiger partial charge in [-0.3, -0.25) is 9.59 Å². The Bertz CT molecular complexity index is 825. The number of benzene rings is 1. The van der Waals surface area contributed by atoms with Gasteiger partial charge in [-0.1, -0.05) is 31.4 Å². The Morgan fingerprint density at radius 3 is 2.26 bits per heavy atom. The Morgan fingerprint density at radius 1 is 1.00 bits per heavy atom. The third-order valence-corrected chi connectivity index (χ3v) is 7.22. The summed E-state index contributed by atoms with van der Waals surface area (Å²) in [5.41, 5.74) is 0.0479. The summed E-state index contributed by atoms with van der Waals surface area (Å²) in [7, 11) is 3.28. The van der Waals surface area contributed by atoms with Crippen LogP contribution in [-0.4, -0.2) is 63.3 Å². The van der Waals surface area contributed by atoms with Gasteiger partial charge in [-0.05, 0) is 37.0 Å². The lowest BCUT2D eigenvalue weighted by molar-refractivity contribution is -0.137. The molecule has 35 heavy (non-hydrogen) atoms. The number of nitrogens with one attached hydrogen (secondary N) is 1. The molecule has 1 aromatic rings. The number of carbonyl (C=O) groups is 2. The highest BCUT2D eigenvalue weighted by Crippen LogP contribution is 2.31. The van der Waals surface area contributed by atoms with Gasteiger partial charge in [-0.25, -0.2) is 0 Å². The number of hydrogen-bond acceptors (Lipinski definition) is 4. The summed E-state index contributed by atoms with van der Waals surface area (Å²) < 4.78 is 47.6.